The van der Waals surface area contributed by atoms with Crippen molar-refractivity contribution < 1.29 is 39.0 Å². The van der Waals surface area contributed by atoms with E-state index in [1.807, 2.05) is 0 Å². The SMILES string of the molecule is COc1cc(C2NC(Cc3ccc(O)cc3)(C(=O)O)C3C(=O)N(c4cccc([N+](=O)[O-])c4)C(=O)C23)cc(Br)c1OC. The molecule has 2 aliphatic heterocycles. The Morgan fingerprint density at radius 3 is 2.41 bits per heavy atom. The highest BCUT2D eigenvalue weighted by Gasteiger charge is 2.68. The number of ether oxygens (including phenoxy) is 2. The number of hydrogen-bond donors (Lipinski definition) is 3. The highest BCUT2D eigenvalue weighted by atomic mass is 79.9. The van der Waals surface area contributed by atoms with E-state index >= 15 is 0 Å². The lowest BCUT2D eigenvalue weighted by molar-refractivity contribution is -0.384. The van der Waals surface area contributed by atoms with Crippen LogP contribution in [-0.2, 0) is 20.8 Å². The van der Waals surface area contributed by atoms with Gasteiger partial charge in [-0.2, -0.15) is 0 Å². The zero-order valence-electron chi connectivity index (χ0n) is 21.7. The number of phenolic OH excluding ortho intramolecular Hbond substituents is 1. The second-order valence-electron chi connectivity index (χ2n) is 9.77. The van der Waals surface area contributed by atoms with Crippen LogP contribution in [0.3, 0.4) is 0 Å². The fourth-order valence-corrected chi connectivity index (χ4v) is 6.40. The molecule has 12 nitrogen and oxygen atoms in total. The summed E-state index contributed by atoms with van der Waals surface area (Å²) in [4.78, 5) is 52.8. The number of aliphatic carboxylic acids is 1. The van der Waals surface area contributed by atoms with Crippen molar-refractivity contribution in [1.29, 1.82) is 0 Å². The van der Waals surface area contributed by atoms with Gasteiger partial charge in [-0.3, -0.25) is 29.8 Å². The van der Waals surface area contributed by atoms with Crippen LogP contribution >= 0.6 is 15.9 Å². The highest BCUT2D eigenvalue weighted by molar-refractivity contribution is 9.10. The summed E-state index contributed by atoms with van der Waals surface area (Å²) in [7, 11) is 2.88. The molecule has 0 spiro atoms. The van der Waals surface area contributed by atoms with Gasteiger partial charge in [-0.15, -0.1) is 0 Å². The van der Waals surface area contributed by atoms with Gasteiger partial charge in [0.15, 0.2) is 11.5 Å². The maximum atomic E-state index is 14.0. The quantitative estimate of drug-likeness (QED) is 0.191. The Bertz CT molecular complexity index is 1580. The van der Waals surface area contributed by atoms with Crippen LogP contribution in [-0.4, -0.2) is 52.7 Å². The van der Waals surface area contributed by atoms with Gasteiger partial charge < -0.3 is 19.7 Å². The van der Waals surface area contributed by atoms with Gasteiger partial charge in [0.1, 0.15) is 11.3 Å². The highest BCUT2D eigenvalue weighted by Crippen LogP contribution is 2.52. The number of hydrogen-bond acceptors (Lipinski definition) is 9. The van der Waals surface area contributed by atoms with E-state index in [1.165, 1.54) is 56.7 Å². The van der Waals surface area contributed by atoms with Crippen LogP contribution in [0, 0.1) is 22.0 Å². The summed E-state index contributed by atoms with van der Waals surface area (Å²) in [6, 6.07) is 13.2. The molecule has 2 saturated heterocycles. The van der Waals surface area contributed by atoms with Gasteiger partial charge in [0.2, 0.25) is 11.8 Å². The van der Waals surface area contributed by atoms with Gasteiger partial charge >= 0.3 is 5.97 Å². The molecule has 4 atom stereocenters. The van der Waals surface area contributed by atoms with Gasteiger partial charge in [0.05, 0.1) is 41.1 Å². The number of carbonyl (C=O) groups excluding carboxylic acids is 2. The number of anilines is 1. The summed E-state index contributed by atoms with van der Waals surface area (Å²) in [6.07, 6.45) is -0.198. The average Bonchev–Trinajstić information content (AvgIpc) is 3.43. The number of phenols is 1. The molecule has 13 heteroatoms. The number of amides is 2. The monoisotopic (exact) mass is 625 g/mol. The normalized spacial score (nSPS) is 23.4. The molecule has 4 unspecified atom stereocenters. The summed E-state index contributed by atoms with van der Waals surface area (Å²) >= 11 is 3.43. The Morgan fingerprint density at radius 1 is 1.10 bits per heavy atom. The first-order valence-corrected chi connectivity index (χ1v) is 13.1. The van der Waals surface area contributed by atoms with Crippen LogP contribution in [0.1, 0.15) is 17.2 Å². The van der Waals surface area contributed by atoms with Gasteiger partial charge in [0.25, 0.3) is 5.69 Å². The number of carbonyl (C=O) groups is 3. The van der Waals surface area contributed by atoms with Crippen molar-refractivity contribution >= 4 is 45.1 Å². The molecule has 2 amide bonds. The fourth-order valence-electron chi connectivity index (χ4n) is 5.78. The number of carboxylic acids is 1. The zero-order chi connectivity index (χ0) is 29.6. The second-order valence-corrected chi connectivity index (χ2v) is 10.6. The molecule has 3 aromatic rings. The Kier molecular flexibility index (Phi) is 7.17. The molecule has 212 valence electrons. The van der Waals surface area contributed by atoms with Crippen molar-refractivity contribution in [3.8, 4) is 17.2 Å². The van der Waals surface area contributed by atoms with Crippen molar-refractivity contribution in [2.24, 2.45) is 11.8 Å². The summed E-state index contributed by atoms with van der Waals surface area (Å²) in [5.74, 6) is -4.73. The molecule has 2 heterocycles. The number of benzene rings is 3. The molecule has 0 aliphatic carbocycles. The number of aromatic hydroxyl groups is 1. The molecule has 41 heavy (non-hydrogen) atoms. The third kappa shape index (κ3) is 4.56. The first-order valence-electron chi connectivity index (χ1n) is 12.3. The number of imide groups is 1. The zero-order valence-corrected chi connectivity index (χ0v) is 23.3. The number of nitrogens with zero attached hydrogens (tertiary/aromatic N) is 2. The minimum absolute atomic E-state index is 0.0209. The minimum Gasteiger partial charge on any atom is -0.508 e. The second kappa shape index (κ2) is 10.5. The number of non-ortho nitro benzene ring substituents is 1. The summed E-state index contributed by atoms with van der Waals surface area (Å²) < 4.78 is 11.3. The lowest BCUT2D eigenvalue weighted by atomic mass is 9.76. The van der Waals surface area contributed by atoms with Crippen LogP contribution < -0.4 is 19.7 Å². The molecule has 2 fully saturated rings. The van der Waals surface area contributed by atoms with Crippen molar-refractivity contribution in [3.05, 3.63) is 86.4 Å². The van der Waals surface area contributed by atoms with Crippen LogP contribution in [0.5, 0.6) is 17.2 Å². The summed E-state index contributed by atoms with van der Waals surface area (Å²) in [5.41, 5.74) is -1.35. The Morgan fingerprint density at radius 2 is 1.80 bits per heavy atom. The lowest BCUT2D eigenvalue weighted by Gasteiger charge is -2.31. The van der Waals surface area contributed by atoms with Gasteiger partial charge in [0, 0.05) is 24.6 Å². The molecule has 3 aromatic carbocycles. The van der Waals surface area contributed by atoms with Gasteiger partial charge in [-0.25, -0.2) is 4.90 Å². The van der Waals surface area contributed by atoms with Crippen molar-refractivity contribution in [2.45, 2.75) is 18.0 Å². The van der Waals surface area contributed by atoms with Crippen LogP contribution in [0.15, 0.2) is 65.1 Å². The van der Waals surface area contributed by atoms with E-state index in [4.69, 9.17) is 9.47 Å². The average molecular weight is 626 g/mol. The third-order valence-corrected chi connectivity index (χ3v) is 8.16. The number of fused-ring (bicyclic) bond motifs is 1. The molecular weight excluding hydrogens is 602 g/mol. The Hall–Kier alpha value is -4.49. The molecule has 0 aromatic heterocycles. The minimum atomic E-state index is -1.95. The fraction of sp³-hybridized carbons (Fsp3) is 0.250. The van der Waals surface area contributed by atoms with Crippen molar-refractivity contribution in [3.63, 3.8) is 0 Å². The summed E-state index contributed by atoms with van der Waals surface area (Å²) in [5, 5.41) is 34.9. The molecule has 0 radical (unpaired) electrons. The molecular formula is C28H24BrN3O9. The first-order chi connectivity index (χ1) is 19.5. The van der Waals surface area contributed by atoms with E-state index in [0.29, 0.717) is 27.1 Å². The number of methoxy groups -OCH3 is 2. The standard InChI is InChI=1S/C28H24BrN3O9/c1-40-20-11-15(10-19(29)24(20)41-2)23-21-22(28(30-23,27(36)37)13-14-6-8-18(33)9-7-14)26(35)31(25(21)34)16-4-3-5-17(12-16)32(38)39/h3-12,21-23,30,33H,13H2,1-2H3,(H,36,37). The number of nitro benzene ring substituents is 1. The number of nitro groups is 1. The summed E-state index contributed by atoms with van der Waals surface area (Å²) in [6.45, 7) is 0. The van der Waals surface area contributed by atoms with Crippen LogP contribution in [0.4, 0.5) is 11.4 Å². The largest absolute Gasteiger partial charge is 0.508 e. The lowest BCUT2D eigenvalue weighted by Crippen LogP contribution is -2.57. The van der Waals surface area contributed by atoms with E-state index in [2.05, 4.69) is 21.2 Å². The molecule has 5 rings (SSSR count). The number of carboxylic acid groups (broad SMARTS) is 1. The topological polar surface area (TPSA) is 169 Å². The predicted octanol–water partition coefficient (Wildman–Crippen LogP) is 3.60. The van der Waals surface area contributed by atoms with E-state index in [0.717, 1.165) is 11.0 Å². The van der Waals surface area contributed by atoms with Crippen molar-refractivity contribution in [1.82, 2.24) is 5.32 Å². The van der Waals surface area contributed by atoms with Gasteiger partial charge in [-0.1, -0.05) is 18.2 Å². The smallest absolute Gasteiger partial charge is 0.325 e. The molecule has 0 saturated carbocycles. The Balaban J connectivity index is 1.69. The molecule has 0 bridgehead atoms. The van der Waals surface area contributed by atoms with E-state index in [9.17, 15) is 34.7 Å². The van der Waals surface area contributed by atoms with Crippen LogP contribution in [0.2, 0.25) is 0 Å². The predicted molar refractivity (Wildman–Crippen MR) is 148 cm³/mol. The first kappa shape index (κ1) is 28.1. The number of halogens is 1. The molecule has 3 N–H and O–H groups in total. The maximum Gasteiger partial charge on any atom is 0.325 e. The third-order valence-electron chi connectivity index (χ3n) is 7.57. The van der Waals surface area contributed by atoms with Crippen molar-refractivity contribution in [2.75, 3.05) is 19.1 Å². The van der Waals surface area contributed by atoms with E-state index in [1.54, 1.807) is 12.1 Å². The number of rotatable bonds is 8. The Labute approximate surface area is 241 Å². The maximum absolute atomic E-state index is 14.0. The number of nitrogens with one attached hydrogen (secondary N) is 1. The van der Waals surface area contributed by atoms with E-state index < -0.39 is 46.1 Å². The molecule has 2 aliphatic rings. The van der Waals surface area contributed by atoms with Gasteiger partial charge in [-0.05, 0) is 57.4 Å². The van der Waals surface area contributed by atoms with Crippen LogP contribution in [0.25, 0.3) is 0 Å². The van der Waals surface area contributed by atoms with E-state index in [-0.39, 0.29) is 23.5 Å².